The van der Waals surface area contributed by atoms with E-state index in [0.29, 0.717) is 13.2 Å². The van der Waals surface area contributed by atoms with E-state index in [1.165, 1.54) is 0 Å². The van der Waals surface area contributed by atoms with Gasteiger partial charge in [-0.15, -0.1) is 5.10 Å². The Kier molecular flexibility index (Phi) is 5.11. The lowest BCUT2D eigenvalue weighted by atomic mass is 9.84. The van der Waals surface area contributed by atoms with Crippen LogP contribution in [0.15, 0.2) is 42.1 Å². The molecule has 0 saturated carbocycles. The van der Waals surface area contributed by atoms with Gasteiger partial charge in [0.25, 0.3) is 0 Å². The van der Waals surface area contributed by atoms with E-state index in [1.807, 2.05) is 24.9 Å². The zero-order chi connectivity index (χ0) is 21.5. The van der Waals surface area contributed by atoms with Gasteiger partial charge in [-0.2, -0.15) is 0 Å². The van der Waals surface area contributed by atoms with E-state index >= 15 is 0 Å². The number of aliphatic hydroxyl groups excluding tert-OH is 1. The van der Waals surface area contributed by atoms with Crippen molar-refractivity contribution in [2.45, 2.75) is 25.9 Å². The number of fused-ring (bicyclic) bond motifs is 1. The molecule has 4 heterocycles. The lowest BCUT2D eigenvalue weighted by molar-refractivity contribution is 0.0985. The molecule has 0 spiro atoms. The molecule has 2 aliphatic heterocycles. The molecule has 0 aromatic carbocycles. The summed E-state index contributed by atoms with van der Waals surface area (Å²) in [6.07, 6.45) is 8.33. The molecule has 3 atom stereocenters. The highest BCUT2D eigenvalue weighted by molar-refractivity contribution is 5.78. The van der Waals surface area contributed by atoms with Gasteiger partial charge in [-0.05, 0) is 43.3 Å². The minimum Gasteiger partial charge on any atom is -0.392 e. The normalized spacial score (nSPS) is 25.2. The lowest BCUT2D eigenvalue weighted by Gasteiger charge is -2.35. The summed E-state index contributed by atoms with van der Waals surface area (Å²) in [5.41, 5.74) is 5.82. The first-order valence-corrected chi connectivity index (χ1v) is 10.7. The summed E-state index contributed by atoms with van der Waals surface area (Å²) >= 11 is 0. The maximum atomic E-state index is 9.82. The van der Waals surface area contributed by atoms with Crippen LogP contribution >= 0.6 is 0 Å². The fraction of sp³-hybridized carbons (Fsp3) is 0.435. The van der Waals surface area contributed by atoms with Gasteiger partial charge in [0, 0.05) is 25.1 Å². The monoisotopic (exact) mass is 420 g/mol. The van der Waals surface area contributed by atoms with Crippen LogP contribution in [0.1, 0.15) is 18.3 Å². The molecule has 1 aliphatic carbocycles. The molecule has 1 saturated heterocycles. The maximum absolute atomic E-state index is 9.82. The van der Waals surface area contributed by atoms with Crippen molar-refractivity contribution in [3.8, 4) is 11.3 Å². The number of morpholine rings is 1. The number of nitrogens with one attached hydrogen (secondary N) is 1. The Hall–Kier alpha value is -2.97. The average Bonchev–Trinajstić information content (AvgIpc) is 3.38. The first kappa shape index (κ1) is 20.0. The molecule has 0 bridgehead atoms. The molecule has 31 heavy (non-hydrogen) atoms. The summed E-state index contributed by atoms with van der Waals surface area (Å²) in [7, 11) is 1.92. The molecule has 2 unspecified atom stereocenters. The predicted molar refractivity (Wildman–Crippen MR) is 119 cm³/mol. The predicted octanol–water partition coefficient (Wildman–Crippen LogP) is 1.83. The summed E-state index contributed by atoms with van der Waals surface area (Å²) in [5.74, 6) is 1.11. The van der Waals surface area contributed by atoms with Crippen molar-refractivity contribution >= 4 is 11.4 Å². The van der Waals surface area contributed by atoms with Gasteiger partial charge in [-0.3, -0.25) is 0 Å². The van der Waals surface area contributed by atoms with E-state index in [4.69, 9.17) is 9.72 Å². The van der Waals surface area contributed by atoms with E-state index in [9.17, 15) is 5.11 Å². The van der Waals surface area contributed by atoms with Crippen molar-refractivity contribution in [2.75, 3.05) is 31.3 Å². The van der Waals surface area contributed by atoms with Crippen molar-refractivity contribution in [3.05, 3.63) is 53.5 Å². The highest BCUT2D eigenvalue weighted by atomic mass is 16.5. The minimum atomic E-state index is 0.00616. The molecular weight excluding hydrogens is 392 g/mol. The van der Waals surface area contributed by atoms with Crippen LogP contribution in [0.4, 0.5) is 5.82 Å². The Morgan fingerprint density at radius 1 is 1.32 bits per heavy atom. The molecule has 0 amide bonds. The fourth-order valence-corrected chi connectivity index (χ4v) is 4.73. The molecule has 2 N–H and O–H groups in total. The summed E-state index contributed by atoms with van der Waals surface area (Å²) < 4.78 is 7.46. The van der Waals surface area contributed by atoms with Crippen LogP contribution in [0.3, 0.4) is 0 Å². The molecule has 1 fully saturated rings. The Balaban J connectivity index is 1.67. The van der Waals surface area contributed by atoms with Gasteiger partial charge in [-0.1, -0.05) is 23.4 Å². The zero-order valence-electron chi connectivity index (χ0n) is 18.1. The number of aryl methyl sites for hydroxylation is 2. The van der Waals surface area contributed by atoms with Crippen LogP contribution in [-0.2, 0) is 11.8 Å². The fourth-order valence-electron chi connectivity index (χ4n) is 4.73. The van der Waals surface area contributed by atoms with E-state index in [1.54, 1.807) is 0 Å². The highest BCUT2D eigenvalue weighted by Crippen LogP contribution is 2.37. The van der Waals surface area contributed by atoms with Gasteiger partial charge in [0.2, 0.25) is 0 Å². The maximum Gasteiger partial charge on any atom is 0.130 e. The van der Waals surface area contributed by atoms with Gasteiger partial charge in [0.1, 0.15) is 5.82 Å². The third-order valence-electron chi connectivity index (χ3n) is 6.29. The first-order chi connectivity index (χ1) is 15.0. The van der Waals surface area contributed by atoms with E-state index in [0.717, 1.165) is 46.2 Å². The molecule has 8 heteroatoms. The smallest absolute Gasteiger partial charge is 0.130 e. The summed E-state index contributed by atoms with van der Waals surface area (Å²) in [4.78, 5) is 7.42. The third kappa shape index (κ3) is 3.55. The van der Waals surface area contributed by atoms with Crippen molar-refractivity contribution in [2.24, 2.45) is 13.0 Å². The molecule has 5 rings (SSSR count). The number of hydrogen-bond donors (Lipinski definition) is 2. The van der Waals surface area contributed by atoms with Crippen molar-refractivity contribution in [3.63, 3.8) is 0 Å². The van der Waals surface area contributed by atoms with Crippen molar-refractivity contribution < 1.29 is 9.84 Å². The van der Waals surface area contributed by atoms with E-state index in [-0.39, 0.29) is 24.6 Å². The average molecular weight is 421 g/mol. The Labute approximate surface area is 181 Å². The number of aliphatic hydroxyl groups is 1. The molecule has 3 aliphatic rings. The summed E-state index contributed by atoms with van der Waals surface area (Å²) in [6, 6.07) is 4.63. The van der Waals surface area contributed by atoms with Crippen molar-refractivity contribution in [1.82, 2.24) is 25.3 Å². The second-order valence-corrected chi connectivity index (χ2v) is 8.44. The van der Waals surface area contributed by atoms with Gasteiger partial charge in [-0.25, -0.2) is 9.67 Å². The Morgan fingerprint density at radius 3 is 2.94 bits per heavy atom. The van der Waals surface area contributed by atoms with Crippen LogP contribution in [0.5, 0.6) is 0 Å². The second-order valence-electron chi connectivity index (χ2n) is 8.44. The molecule has 162 valence electrons. The van der Waals surface area contributed by atoms with Gasteiger partial charge in [0.15, 0.2) is 0 Å². The minimum absolute atomic E-state index is 0.00616. The van der Waals surface area contributed by atoms with Gasteiger partial charge in [0.05, 0.1) is 49.0 Å². The molecular formula is C23H28N6O2. The number of rotatable bonds is 4. The Bertz CT molecular complexity index is 1070. The number of aromatic nitrogens is 4. The standard InChI is InChI=1S/C23H28N6O2/c1-14-13-31-7-6-29(14)22-11-17(23-15(2)26-27-28(23)3)10-21(25-22)19-8-16(12-30)9-20-18(19)4-5-24-20/h4-5,8-11,14,18,20,24,30H,6-7,12-13H2,1-3H3/t14-,18?,20?/m1/s1. The topological polar surface area (TPSA) is 88.3 Å². The number of anilines is 1. The van der Waals surface area contributed by atoms with Crippen LogP contribution in [0, 0.1) is 12.8 Å². The Morgan fingerprint density at radius 2 is 2.19 bits per heavy atom. The van der Waals surface area contributed by atoms with E-state index < -0.39 is 0 Å². The number of pyridine rings is 1. The van der Waals surface area contributed by atoms with Crippen LogP contribution in [0.25, 0.3) is 16.8 Å². The SMILES string of the molecule is Cc1nnn(C)c1-c1cc(C2=CC(CO)=CC3NC=CC23)nc(N2CCOC[C@H]2C)c1. The van der Waals surface area contributed by atoms with Gasteiger partial charge >= 0.3 is 0 Å². The van der Waals surface area contributed by atoms with Crippen LogP contribution in [-0.4, -0.2) is 63.5 Å². The van der Waals surface area contributed by atoms with Gasteiger partial charge < -0.3 is 20.1 Å². The number of ether oxygens (including phenoxy) is 1. The molecule has 0 radical (unpaired) electrons. The summed E-state index contributed by atoms with van der Waals surface area (Å²) in [6.45, 7) is 6.32. The summed E-state index contributed by atoms with van der Waals surface area (Å²) in [5, 5.41) is 21.7. The largest absolute Gasteiger partial charge is 0.392 e. The van der Waals surface area contributed by atoms with E-state index in [2.05, 4.69) is 57.8 Å². The molecule has 8 nitrogen and oxygen atoms in total. The lowest BCUT2D eigenvalue weighted by Crippen LogP contribution is -2.44. The molecule has 2 aromatic heterocycles. The molecule has 2 aromatic rings. The first-order valence-electron chi connectivity index (χ1n) is 10.7. The zero-order valence-corrected chi connectivity index (χ0v) is 18.1. The third-order valence-corrected chi connectivity index (χ3v) is 6.29. The van der Waals surface area contributed by atoms with Crippen molar-refractivity contribution in [1.29, 1.82) is 0 Å². The van der Waals surface area contributed by atoms with Crippen LogP contribution in [0.2, 0.25) is 0 Å². The quantitative estimate of drug-likeness (QED) is 0.780. The number of hydrogen-bond acceptors (Lipinski definition) is 7. The second kappa shape index (κ2) is 7.94. The van der Waals surface area contributed by atoms with Crippen LogP contribution < -0.4 is 10.2 Å². The number of nitrogens with zero attached hydrogens (tertiary/aromatic N) is 5. The highest BCUT2D eigenvalue weighted by Gasteiger charge is 2.31.